The number of anilines is 1. The highest BCUT2D eigenvalue weighted by Gasteiger charge is 2.45. The lowest BCUT2D eigenvalue weighted by atomic mass is 9.97. The molecule has 0 unspecified atom stereocenters. The molecule has 3 aromatic carbocycles. The van der Waals surface area contributed by atoms with Gasteiger partial charge in [-0.2, -0.15) is 0 Å². The summed E-state index contributed by atoms with van der Waals surface area (Å²) in [7, 11) is 0. The average molecular weight is 527 g/mol. The van der Waals surface area contributed by atoms with Crippen LogP contribution in [0.25, 0.3) is 11.0 Å². The van der Waals surface area contributed by atoms with Gasteiger partial charge in [-0.25, -0.2) is 0 Å². The van der Waals surface area contributed by atoms with Gasteiger partial charge in [0.15, 0.2) is 11.2 Å². The Morgan fingerprint density at radius 2 is 1.71 bits per heavy atom. The first kappa shape index (κ1) is 24.0. The Morgan fingerprint density at radius 3 is 2.42 bits per heavy atom. The number of nitrogens with zero attached hydrogens (tertiary/aromatic N) is 2. The number of rotatable bonds is 5. The molecule has 7 nitrogen and oxygen atoms in total. The summed E-state index contributed by atoms with van der Waals surface area (Å²) in [6.07, 6.45) is 0. The summed E-state index contributed by atoms with van der Waals surface area (Å²) in [5, 5.41) is 5.14. The Bertz CT molecular complexity index is 1770. The molecule has 0 spiro atoms. The van der Waals surface area contributed by atoms with Crippen LogP contribution in [0.1, 0.15) is 50.2 Å². The molecule has 2 aromatic heterocycles. The fourth-order valence-electron chi connectivity index (χ4n) is 4.77. The highest BCUT2D eigenvalue weighted by Crippen LogP contribution is 2.41. The molecule has 190 valence electrons. The molecular weight excluding hydrogens is 504 g/mol. The zero-order valence-corrected chi connectivity index (χ0v) is 21.7. The maximum absolute atomic E-state index is 13.8. The highest BCUT2D eigenvalue weighted by atomic mass is 35.5. The number of halogens is 1. The molecule has 1 aliphatic rings. The fraction of sp³-hybridized carbons (Fsp3) is 0.167. The second-order valence-electron chi connectivity index (χ2n) is 9.43. The fourth-order valence-corrected chi connectivity index (χ4v) is 4.96. The molecular formula is C30H23ClN2O5. The van der Waals surface area contributed by atoms with Crippen LogP contribution in [0.15, 0.2) is 80.5 Å². The van der Waals surface area contributed by atoms with Gasteiger partial charge in [-0.1, -0.05) is 47.1 Å². The molecule has 8 heteroatoms. The first-order valence-electron chi connectivity index (χ1n) is 12.1. The number of carbonyl (C=O) groups excluding carboxylic acids is 1. The summed E-state index contributed by atoms with van der Waals surface area (Å²) < 4.78 is 17.3. The zero-order chi connectivity index (χ0) is 26.6. The Hall–Kier alpha value is -4.36. The van der Waals surface area contributed by atoms with Crippen molar-refractivity contribution < 1.29 is 18.5 Å². The van der Waals surface area contributed by atoms with Crippen LogP contribution in [0.4, 0.5) is 5.82 Å². The summed E-state index contributed by atoms with van der Waals surface area (Å²) in [5.74, 6) is 1.03. The van der Waals surface area contributed by atoms with E-state index in [1.165, 1.54) is 4.90 Å². The number of ether oxygens (including phenoxy) is 1. The summed E-state index contributed by atoms with van der Waals surface area (Å²) in [6.45, 7) is 5.93. The minimum atomic E-state index is -0.748. The predicted octanol–water partition coefficient (Wildman–Crippen LogP) is 6.69. The molecule has 38 heavy (non-hydrogen) atoms. The van der Waals surface area contributed by atoms with Crippen LogP contribution in [0.5, 0.6) is 5.75 Å². The quantitative estimate of drug-likeness (QED) is 0.253. The second kappa shape index (κ2) is 9.19. The Kier molecular flexibility index (Phi) is 5.80. The number of amides is 1. The van der Waals surface area contributed by atoms with Gasteiger partial charge >= 0.3 is 0 Å². The van der Waals surface area contributed by atoms with Gasteiger partial charge in [0.2, 0.25) is 5.76 Å². The number of hydrogen-bond acceptors (Lipinski definition) is 6. The van der Waals surface area contributed by atoms with Gasteiger partial charge in [0, 0.05) is 16.7 Å². The van der Waals surface area contributed by atoms with Crippen molar-refractivity contribution in [1.29, 1.82) is 0 Å². The minimum Gasteiger partial charge on any atom is -0.489 e. The molecule has 5 aromatic rings. The standard InChI is InChI=1S/C30H23ClN2O5/c1-16-12-22-24(13-17(16)2)37-29-26(28(22)34)27(33(30(29)35)25-14-18(3)38-32-25)19-8-10-21(11-9-19)36-15-20-6-4-5-7-23(20)31/h4-14,27H,15H2,1-3H3/t27-/m0/s1. The SMILES string of the molecule is Cc1cc(N2C(=O)c3oc4cc(C)c(C)cc4c(=O)c3[C@@H]2c2ccc(OCc3ccccc3Cl)cc2)no1. The van der Waals surface area contributed by atoms with Crippen molar-refractivity contribution in [3.8, 4) is 5.75 Å². The second-order valence-corrected chi connectivity index (χ2v) is 9.84. The van der Waals surface area contributed by atoms with E-state index >= 15 is 0 Å². The molecule has 0 saturated heterocycles. The largest absolute Gasteiger partial charge is 0.489 e. The van der Waals surface area contributed by atoms with E-state index in [0.717, 1.165) is 16.7 Å². The predicted molar refractivity (Wildman–Crippen MR) is 144 cm³/mol. The minimum absolute atomic E-state index is 0.00968. The molecule has 0 N–H and O–H groups in total. The summed E-state index contributed by atoms with van der Waals surface area (Å²) in [6, 6.07) is 19.3. The van der Waals surface area contributed by atoms with Crippen molar-refractivity contribution in [3.63, 3.8) is 0 Å². The van der Waals surface area contributed by atoms with Crippen LogP contribution in [0, 0.1) is 20.8 Å². The first-order chi connectivity index (χ1) is 18.3. The van der Waals surface area contributed by atoms with E-state index < -0.39 is 11.9 Å². The number of carbonyl (C=O) groups is 1. The summed E-state index contributed by atoms with van der Waals surface area (Å²) in [5.41, 5.74) is 3.93. The molecule has 0 saturated carbocycles. The maximum Gasteiger partial charge on any atom is 0.296 e. The van der Waals surface area contributed by atoms with Crippen LogP contribution in [-0.2, 0) is 6.61 Å². The van der Waals surface area contributed by atoms with E-state index in [0.29, 0.717) is 45.5 Å². The third kappa shape index (κ3) is 3.96. The van der Waals surface area contributed by atoms with Crippen molar-refractivity contribution in [2.24, 2.45) is 0 Å². The van der Waals surface area contributed by atoms with Gasteiger partial charge < -0.3 is 13.7 Å². The van der Waals surface area contributed by atoms with E-state index in [2.05, 4.69) is 5.16 Å². The molecule has 0 radical (unpaired) electrons. The molecule has 1 atom stereocenters. The lowest BCUT2D eigenvalue weighted by Gasteiger charge is -2.22. The molecule has 0 bridgehead atoms. The summed E-state index contributed by atoms with van der Waals surface area (Å²) >= 11 is 6.24. The van der Waals surface area contributed by atoms with Crippen LogP contribution in [-0.4, -0.2) is 11.1 Å². The van der Waals surface area contributed by atoms with Gasteiger partial charge in [0.1, 0.15) is 23.7 Å². The smallest absolute Gasteiger partial charge is 0.296 e. The van der Waals surface area contributed by atoms with Crippen LogP contribution in [0.2, 0.25) is 5.02 Å². The maximum atomic E-state index is 13.8. The van der Waals surface area contributed by atoms with Crippen molar-refractivity contribution >= 4 is 34.3 Å². The molecule has 1 amide bonds. The topological polar surface area (TPSA) is 85.8 Å². The van der Waals surface area contributed by atoms with E-state index in [1.807, 2.05) is 56.3 Å². The highest BCUT2D eigenvalue weighted by molar-refractivity contribution is 6.31. The third-order valence-corrected chi connectivity index (χ3v) is 7.27. The van der Waals surface area contributed by atoms with Gasteiger partial charge in [-0.05, 0) is 67.8 Å². The molecule has 0 aliphatic carbocycles. The molecule has 1 aliphatic heterocycles. The van der Waals surface area contributed by atoms with Crippen LogP contribution < -0.4 is 15.1 Å². The number of hydrogen-bond donors (Lipinski definition) is 0. The average Bonchev–Trinajstić information content (AvgIpc) is 3.46. The van der Waals surface area contributed by atoms with Crippen molar-refractivity contribution in [2.75, 3.05) is 4.90 Å². The lowest BCUT2D eigenvalue weighted by Crippen LogP contribution is -2.29. The zero-order valence-electron chi connectivity index (χ0n) is 20.9. The van der Waals surface area contributed by atoms with Crippen LogP contribution in [0.3, 0.4) is 0 Å². The number of fused-ring (bicyclic) bond motifs is 2. The monoisotopic (exact) mass is 526 g/mol. The molecule has 3 heterocycles. The van der Waals surface area contributed by atoms with Gasteiger partial charge in [0.05, 0.1) is 17.0 Å². The van der Waals surface area contributed by atoms with E-state index in [-0.39, 0.29) is 16.8 Å². The van der Waals surface area contributed by atoms with Gasteiger partial charge in [0.25, 0.3) is 5.91 Å². The van der Waals surface area contributed by atoms with Gasteiger partial charge in [-0.15, -0.1) is 0 Å². The van der Waals surface area contributed by atoms with E-state index in [1.54, 1.807) is 31.2 Å². The van der Waals surface area contributed by atoms with Crippen molar-refractivity contribution in [3.05, 3.63) is 121 Å². The van der Waals surface area contributed by atoms with Crippen molar-refractivity contribution in [2.45, 2.75) is 33.4 Å². The normalized spacial score (nSPS) is 14.8. The van der Waals surface area contributed by atoms with Crippen LogP contribution >= 0.6 is 11.6 Å². The lowest BCUT2D eigenvalue weighted by molar-refractivity contribution is 0.0969. The van der Waals surface area contributed by atoms with E-state index in [4.69, 9.17) is 25.3 Å². The molecule has 0 fully saturated rings. The van der Waals surface area contributed by atoms with E-state index in [9.17, 15) is 9.59 Å². The third-order valence-electron chi connectivity index (χ3n) is 6.90. The Balaban J connectivity index is 1.44. The molecule has 6 rings (SSSR count). The van der Waals surface area contributed by atoms with Crippen molar-refractivity contribution in [1.82, 2.24) is 5.16 Å². The first-order valence-corrected chi connectivity index (χ1v) is 12.5. The number of aromatic nitrogens is 1. The Morgan fingerprint density at radius 1 is 0.974 bits per heavy atom. The Labute approximate surface area is 223 Å². The number of aryl methyl sites for hydroxylation is 3. The number of benzene rings is 3. The van der Waals surface area contributed by atoms with Gasteiger partial charge in [-0.3, -0.25) is 14.5 Å². The summed E-state index contributed by atoms with van der Waals surface area (Å²) in [4.78, 5) is 29.0.